The van der Waals surface area contributed by atoms with E-state index in [1.807, 2.05) is 19.1 Å². The number of morpholine rings is 1. The van der Waals surface area contributed by atoms with Gasteiger partial charge in [-0.15, -0.1) is 6.58 Å². The Hall–Kier alpha value is -2.05. The number of nitrogens with zero attached hydrogens (tertiary/aromatic N) is 1. The molecule has 0 saturated carbocycles. The van der Waals surface area contributed by atoms with Crippen LogP contribution >= 0.6 is 0 Å². The van der Waals surface area contributed by atoms with Gasteiger partial charge in [0.05, 0.1) is 20.3 Å². The molecule has 6 heteroatoms. The Morgan fingerprint density at radius 3 is 2.96 bits per heavy atom. The van der Waals surface area contributed by atoms with Crippen LogP contribution in [0.1, 0.15) is 18.1 Å². The molecular weight excluding hydrogens is 310 g/mol. The molecule has 132 valence electrons. The summed E-state index contributed by atoms with van der Waals surface area (Å²) in [4.78, 5) is 13.2. The second kappa shape index (κ2) is 8.70. The van der Waals surface area contributed by atoms with E-state index in [2.05, 4.69) is 17.5 Å². The smallest absolute Gasteiger partial charge is 0.334 e. The quantitative estimate of drug-likeness (QED) is 0.734. The van der Waals surface area contributed by atoms with Crippen LogP contribution in [0.4, 0.5) is 0 Å². The molecule has 1 aromatic carbocycles. The fraction of sp³-hybridized carbons (Fsp3) is 0.500. The lowest BCUT2D eigenvalue weighted by Gasteiger charge is -2.31. The van der Waals surface area contributed by atoms with Crippen LogP contribution in [0.2, 0.25) is 0 Å². The number of hydrogen-bond acceptors (Lipinski definition) is 5. The van der Waals surface area contributed by atoms with Gasteiger partial charge in [-0.3, -0.25) is 4.90 Å². The van der Waals surface area contributed by atoms with Gasteiger partial charge in [0, 0.05) is 25.2 Å². The molecule has 0 spiro atoms. The molecule has 1 aromatic rings. The molecule has 6 nitrogen and oxygen atoms in total. The molecule has 0 bridgehead atoms. The van der Waals surface area contributed by atoms with Crippen molar-refractivity contribution in [1.29, 1.82) is 0 Å². The molecule has 1 atom stereocenters. The lowest BCUT2D eigenvalue weighted by atomic mass is 10.0. The molecule has 1 aliphatic heterocycles. The van der Waals surface area contributed by atoms with Crippen LogP contribution in [0.25, 0.3) is 0 Å². The van der Waals surface area contributed by atoms with Crippen molar-refractivity contribution in [2.45, 2.75) is 26.0 Å². The number of carboxylic acids is 1. The summed E-state index contributed by atoms with van der Waals surface area (Å²) in [7, 11) is 1.63. The second-order valence-electron chi connectivity index (χ2n) is 5.64. The summed E-state index contributed by atoms with van der Waals surface area (Å²) in [6.07, 6.45) is 1.74. The molecule has 24 heavy (non-hydrogen) atoms. The van der Waals surface area contributed by atoms with Crippen LogP contribution in [0.5, 0.6) is 11.5 Å². The number of allylic oxidation sites excluding steroid dienone is 1. The van der Waals surface area contributed by atoms with Crippen molar-refractivity contribution in [3.05, 3.63) is 35.9 Å². The fourth-order valence-corrected chi connectivity index (χ4v) is 2.87. The van der Waals surface area contributed by atoms with E-state index >= 15 is 0 Å². The van der Waals surface area contributed by atoms with Gasteiger partial charge in [0.2, 0.25) is 0 Å². The highest BCUT2D eigenvalue weighted by atomic mass is 16.5. The Morgan fingerprint density at radius 2 is 2.33 bits per heavy atom. The maximum atomic E-state index is 11.1. The molecule has 0 aromatic heterocycles. The zero-order chi connectivity index (χ0) is 17.5. The van der Waals surface area contributed by atoms with Crippen LogP contribution in [-0.4, -0.2) is 55.5 Å². The average molecular weight is 335 g/mol. The zero-order valence-electron chi connectivity index (χ0n) is 14.3. The normalized spacial score (nSPS) is 18.2. The summed E-state index contributed by atoms with van der Waals surface area (Å²) in [5.74, 6) is 0.514. The van der Waals surface area contributed by atoms with Crippen molar-refractivity contribution < 1.29 is 24.1 Å². The lowest BCUT2D eigenvalue weighted by Crippen LogP contribution is -2.45. The molecule has 1 aliphatic rings. The van der Waals surface area contributed by atoms with Crippen molar-refractivity contribution in [2.24, 2.45) is 0 Å². The third-order valence-corrected chi connectivity index (χ3v) is 3.89. The number of carbonyl (C=O) groups is 1. The van der Waals surface area contributed by atoms with Crippen LogP contribution in [0.15, 0.2) is 24.8 Å². The van der Waals surface area contributed by atoms with Gasteiger partial charge in [-0.2, -0.15) is 0 Å². The summed E-state index contributed by atoms with van der Waals surface area (Å²) >= 11 is 0. The first-order chi connectivity index (χ1) is 11.6. The number of aliphatic carboxylic acids is 1. The second-order valence-corrected chi connectivity index (χ2v) is 5.64. The molecule has 0 radical (unpaired) electrons. The number of rotatable bonds is 8. The maximum Gasteiger partial charge on any atom is 0.334 e. The van der Waals surface area contributed by atoms with Gasteiger partial charge in [0.25, 0.3) is 0 Å². The van der Waals surface area contributed by atoms with E-state index in [0.717, 1.165) is 16.9 Å². The molecule has 1 N–H and O–H groups in total. The highest BCUT2D eigenvalue weighted by molar-refractivity contribution is 5.72. The Kier molecular flexibility index (Phi) is 6.63. The zero-order valence-corrected chi connectivity index (χ0v) is 14.3. The number of methoxy groups -OCH3 is 1. The monoisotopic (exact) mass is 335 g/mol. The molecule has 1 saturated heterocycles. The molecule has 0 aliphatic carbocycles. The van der Waals surface area contributed by atoms with Crippen molar-refractivity contribution >= 4 is 5.97 Å². The number of ether oxygens (including phenoxy) is 3. The fourth-order valence-electron chi connectivity index (χ4n) is 2.87. The standard InChI is InChI=1S/C18H25NO5/c1-4-6-14-9-13(10-15(23-5-2)17(14)22-3)11-19-7-8-24-16(12-19)18(20)21/h4,9-10,16H,1,5-8,11-12H2,2-3H3,(H,20,21). The van der Waals surface area contributed by atoms with E-state index in [0.29, 0.717) is 45.0 Å². The minimum Gasteiger partial charge on any atom is -0.493 e. The topological polar surface area (TPSA) is 68.2 Å². The third-order valence-electron chi connectivity index (χ3n) is 3.89. The van der Waals surface area contributed by atoms with E-state index in [-0.39, 0.29) is 0 Å². The molecule has 1 fully saturated rings. The van der Waals surface area contributed by atoms with Crippen molar-refractivity contribution in [3.63, 3.8) is 0 Å². The van der Waals surface area contributed by atoms with Crippen molar-refractivity contribution in [2.75, 3.05) is 33.4 Å². The number of benzene rings is 1. The van der Waals surface area contributed by atoms with Crippen molar-refractivity contribution in [3.8, 4) is 11.5 Å². The minimum atomic E-state index is -0.920. The maximum absolute atomic E-state index is 11.1. The number of hydrogen-bond donors (Lipinski definition) is 1. The Balaban J connectivity index is 2.22. The Bertz CT molecular complexity index is 587. The molecule has 0 amide bonds. The highest BCUT2D eigenvalue weighted by Gasteiger charge is 2.26. The minimum absolute atomic E-state index is 0.377. The van der Waals surface area contributed by atoms with Crippen LogP contribution in [-0.2, 0) is 22.5 Å². The van der Waals surface area contributed by atoms with Crippen LogP contribution in [0.3, 0.4) is 0 Å². The first-order valence-corrected chi connectivity index (χ1v) is 8.09. The van der Waals surface area contributed by atoms with Crippen LogP contribution in [0, 0.1) is 0 Å². The average Bonchev–Trinajstić information content (AvgIpc) is 2.56. The van der Waals surface area contributed by atoms with E-state index in [1.54, 1.807) is 7.11 Å². The van der Waals surface area contributed by atoms with Gasteiger partial charge in [0.1, 0.15) is 0 Å². The molecule has 1 unspecified atom stereocenters. The number of carboxylic acid groups (broad SMARTS) is 1. The largest absolute Gasteiger partial charge is 0.493 e. The summed E-state index contributed by atoms with van der Waals surface area (Å²) in [5.41, 5.74) is 2.07. The van der Waals surface area contributed by atoms with Gasteiger partial charge in [-0.05, 0) is 25.0 Å². The van der Waals surface area contributed by atoms with E-state index in [1.165, 1.54) is 0 Å². The van der Waals surface area contributed by atoms with Gasteiger partial charge < -0.3 is 19.3 Å². The van der Waals surface area contributed by atoms with Crippen molar-refractivity contribution in [1.82, 2.24) is 4.90 Å². The molecular formula is C18H25NO5. The van der Waals surface area contributed by atoms with Gasteiger partial charge in [0.15, 0.2) is 17.6 Å². The van der Waals surface area contributed by atoms with E-state index in [9.17, 15) is 4.79 Å². The summed E-state index contributed by atoms with van der Waals surface area (Å²) in [6.45, 7) is 8.41. The van der Waals surface area contributed by atoms with E-state index in [4.69, 9.17) is 19.3 Å². The summed E-state index contributed by atoms with van der Waals surface area (Å²) in [6, 6.07) is 4.02. The predicted molar refractivity (Wildman–Crippen MR) is 90.7 cm³/mol. The highest BCUT2D eigenvalue weighted by Crippen LogP contribution is 2.34. The Labute approximate surface area is 142 Å². The summed E-state index contributed by atoms with van der Waals surface area (Å²) < 4.78 is 16.5. The summed E-state index contributed by atoms with van der Waals surface area (Å²) in [5, 5.41) is 9.12. The van der Waals surface area contributed by atoms with Gasteiger partial charge >= 0.3 is 5.97 Å². The molecule has 1 heterocycles. The SMILES string of the molecule is C=CCc1cc(CN2CCOC(C(=O)O)C2)cc(OCC)c1OC. The van der Waals surface area contributed by atoms with Gasteiger partial charge in [-0.25, -0.2) is 4.79 Å². The van der Waals surface area contributed by atoms with Crippen LogP contribution < -0.4 is 9.47 Å². The Morgan fingerprint density at radius 1 is 1.54 bits per heavy atom. The predicted octanol–water partition coefficient (Wildman–Crippen LogP) is 2.11. The third kappa shape index (κ3) is 4.49. The van der Waals surface area contributed by atoms with E-state index < -0.39 is 12.1 Å². The first kappa shape index (κ1) is 18.3. The molecule has 2 rings (SSSR count). The lowest BCUT2D eigenvalue weighted by molar-refractivity contribution is -0.156. The first-order valence-electron chi connectivity index (χ1n) is 8.09. The van der Waals surface area contributed by atoms with Gasteiger partial charge in [-0.1, -0.05) is 12.1 Å².